The zero-order valence-corrected chi connectivity index (χ0v) is 22.0. The van der Waals surface area contributed by atoms with Crippen LogP contribution in [0.5, 0.6) is 5.75 Å². The zero-order chi connectivity index (χ0) is 26.6. The number of carbonyl (C=O) groups excluding carboxylic acids is 1. The Hall–Kier alpha value is -3.23. The normalized spacial score (nSPS) is 14.3. The predicted molar refractivity (Wildman–Crippen MR) is 144 cm³/mol. The number of ketones is 1. The molecule has 0 atom stereocenters. The fraction of sp³-hybridized carbons (Fsp3) is 0.269. The maximum absolute atomic E-state index is 11.8. The predicted octanol–water partition coefficient (Wildman–Crippen LogP) is 5.55. The Labute approximate surface area is 220 Å². The molecule has 1 aliphatic heterocycles. The highest BCUT2D eigenvalue weighted by molar-refractivity contribution is 7.46. The number of allylic oxidation sites excluding steroid dienone is 1. The number of phosphoric ester groups is 1. The molecule has 3 N–H and O–H groups in total. The highest BCUT2D eigenvalue weighted by atomic mass is 35.5. The van der Waals surface area contributed by atoms with Gasteiger partial charge >= 0.3 is 7.82 Å². The minimum absolute atomic E-state index is 0.0848. The van der Waals surface area contributed by atoms with Gasteiger partial charge in [-0.1, -0.05) is 43.3 Å². The van der Waals surface area contributed by atoms with Crippen molar-refractivity contribution in [1.82, 2.24) is 9.97 Å². The first-order valence-electron chi connectivity index (χ1n) is 11.8. The van der Waals surface area contributed by atoms with Crippen LogP contribution in [0.3, 0.4) is 0 Å². The molecule has 9 nitrogen and oxygen atoms in total. The Bertz CT molecular complexity index is 1350. The molecule has 1 fully saturated rings. The maximum atomic E-state index is 11.8. The molecule has 0 radical (unpaired) electrons. The van der Waals surface area contributed by atoms with Crippen LogP contribution in [0.1, 0.15) is 25.3 Å². The first kappa shape index (κ1) is 26.8. The topological polar surface area (TPSA) is 125 Å². The lowest BCUT2D eigenvalue weighted by Gasteiger charge is -2.33. The average molecular weight is 543 g/mol. The molecule has 1 aromatic heterocycles. The molecule has 1 saturated heterocycles. The van der Waals surface area contributed by atoms with Gasteiger partial charge in [-0.25, -0.2) is 14.5 Å². The summed E-state index contributed by atoms with van der Waals surface area (Å²) in [4.78, 5) is 41.5. The standard InChI is InChI=1S/C26H28ClN4O5P/c1-3-21(32)14-18-5-4-6-19(13-18)25-22(27)16-28-26(30-25)29-20-7-8-24(36-37(33,34)35)23(15-20)31-11-9-17(2)10-12-31/h3-8,13,15-17H,1,9-12,14H2,2H3,(H,28,29,30)(H2,33,34,35). The second-order valence-corrected chi connectivity index (χ2v) is 10.6. The number of anilines is 3. The van der Waals surface area contributed by atoms with Gasteiger partial charge in [-0.2, -0.15) is 0 Å². The molecule has 0 amide bonds. The molecule has 4 rings (SSSR count). The molecule has 0 spiro atoms. The van der Waals surface area contributed by atoms with Gasteiger partial charge in [0, 0.05) is 30.8 Å². The van der Waals surface area contributed by atoms with Crippen molar-refractivity contribution in [2.24, 2.45) is 5.92 Å². The van der Waals surface area contributed by atoms with Crippen molar-refractivity contribution in [3.63, 3.8) is 0 Å². The lowest BCUT2D eigenvalue weighted by molar-refractivity contribution is -0.114. The third-order valence-corrected chi connectivity index (χ3v) is 6.82. The molecule has 0 saturated carbocycles. The summed E-state index contributed by atoms with van der Waals surface area (Å²) in [5.41, 5.74) is 3.24. The van der Waals surface area contributed by atoms with Crippen LogP contribution in [0, 0.1) is 5.92 Å². The number of nitrogens with zero attached hydrogens (tertiary/aromatic N) is 3. The fourth-order valence-electron chi connectivity index (χ4n) is 4.16. The Morgan fingerprint density at radius 2 is 2.03 bits per heavy atom. The minimum Gasteiger partial charge on any atom is -0.402 e. The Morgan fingerprint density at radius 3 is 2.73 bits per heavy atom. The van der Waals surface area contributed by atoms with Crippen LogP contribution in [0.2, 0.25) is 5.02 Å². The number of phosphoric acid groups is 1. The maximum Gasteiger partial charge on any atom is 0.524 e. The van der Waals surface area contributed by atoms with Gasteiger partial charge in [0.15, 0.2) is 11.5 Å². The van der Waals surface area contributed by atoms with E-state index in [1.165, 1.54) is 18.3 Å². The van der Waals surface area contributed by atoms with E-state index in [0.29, 0.717) is 28.0 Å². The van der Waals surface area contributed by atoms with Gasteiger partial charge in [-0.05, 0) is 54.7 Å². The highest BCUT2D eigenvalue weighted by Gasteiger charge is 2.24. The number of benzene rings is 2. The van der Waals surface area contributed by atoms with E-state index >= 15 is 0 Å². The summed E-state index contributed by atoms with van der Waals surface area (Å²) < 4.78 is 16.5. The third kappa shape index (κ3) is 7.17. The van der Waals surface area contributed by atoms with Crippen molar-refractivity contribution >= 4 is 42.5 Å². The van der Waals surface area contributed by atoms with E-state index in [9.17, 15) is 19.1 Å². The Balaban J connectivity index is 1.63. The van der Waals surface area contributed by atoms with Crippen molar-refractivity contribution in [3.8, 4) is 17.0 Å². The number of aromatic nitrogens is 2. The number of hydrogen-bond acceptors (Lipinski definition) is 7. The molecule has 11 heteroatoms. The molecule has 194 valence electrons. The summed E-state index contributed by atoms with van der Waals surface area (Å²) in [5, 5.41) is 3.50. The van der Waals surface area contributed by atoms with E-state index in [-0.39, 0.29) is 23.9 Å². The average Bonchev–Trinajstić information content (AvgIpc) is 2.86. The first-order valence-corrected chi connectivity index (χ1v) is 13.7. The van der Waals surface area contributed by atoms with Gasteiger partial charge in [0.05, 0.1) is 22.6 Å². The summed E-state index contributed by atoms with van der Waals surface area (Å²) in [6, 6.07) is 12.3. The number of piperidine rings is 1. The Kier molecular flexibility index (Phi) is 8.29. The third-order valence-electron chi connectivity index (χ3n) is 6.11. The molecule has 2 aromatic carbocycles. The highest BCUT2D eigenvalue weighted by Crippen LogP contribution is 2.44. The van der Waals surface area contributed by atoms with Gasteiger partial charge in [0.2, 0.25) is 5.95 Å². The van der Waals surface area contributed by atoms with Crippen LogP contribution in [-0.4, -0.2) is 38.6 Å². The van der Waals surface area contributed by atoms with Crippen molar-refractivity contribution in [3.05, 3.63) is 71.9 Å². The van der Waals surface area contributed by atoms with E-state index in [1.807, 2.05) is 24.3 Å². The SMILES string of the molecule is C=CC(=O)Cc1cccc(-c2nc(Nc3ccc(OP(=O)(O)O)c(N4CCC(C)CC4)c3)ncc2Cl)c1. The van der Waals surface area contributed by atoms with E-state index in [2.05, 4.69) is 33.7 Å². The first-order chi connectivity index (χ1) is 17.6. The van der Waals surface area contributed by atoms with E-state index in [1.54, 1.807) is 12.1 Å². The second kappa shape index (κ2) is 11.4. The number of rotatable bonds is 9. The van der Waals surface area contributed by atoms with Crippen LogP contribution >= 0.6 is 19.4 Å². The van der Waals surface area contributed by atoms with Crippen LogP contribution < -0.4 is 14.7 Å². The number of halogens is 1. The molecule has 0 bridgehead atoms. The molecule has 3 aromatic rings. The molecular formula is C26H28ClN4O5P. The van der Waals surface area contributed by atoms with Crippen LogP contribution in [-0.2, 0) is 15.8 Å². The molecule has 0 unspecified atom stereocenters. The molecule has 2 heterocycles. The van der Waals surface area contributed by atoms with E-state index < -0.39 is 7.82 Å². The second-order valence-electron chi connectivity index (χ2n) is 9.00. The van der Waals surface area contributed by atoms with E-state index in [4.69, 9.17) is 16.1 Å². The van der Waals surface area contributed by atoms with Gasteiger partial charge in [0.25, 0.3) is 0 Å². The lowest BCUT2D eigenvalue weighted by atomic mass is 9.98. The van der Waals surface area contributed by atoms with Crippen LogP contribution in [0.4, 0.5) is 17.3 Å². The van der Waals surface area contributed by atoms with Crippen LogP contribution in [0.15, 0.2) is 61.3 Å². The quantitative estimate of drug-likeness (QED) is 0.236. The van der Waals surface area contributed by atoms with Crippen molar-refractivity contribution in [1.29, 1.82) is 0 Å². The summed E-state index contributed by atoms with van der Waals surface area (Å²) in [6.07, 6.45) is 4.95. The fourth-order valence-corrected chi connectivity index (χ4v) is 4.77. The number of carbonyl (C=O) groups is 1. The van der Waals surface area contributed by atoms with Crippen molar-refractivity contribution < 1.29 is 23.7 Å². The van der Waals surface area contributed by atoms with Crippen molar-refractivity contribution in [2.45, 2.75) is 26.2 Å². The molecule has 0 aliphatic carbocycles. The summed E-state index contributed by atoms with van der Waals surface area (Å²) >= 11 is 6.41. The molecular weight excluding hydrogens is 515 g/mol. The lowest BCUT2D eigenvalue weighted by Crippen LogP contribution is -2.33. The molecule has 37 heavy (non-hydrogen) atoms. The van der Waals surface area contributed by atoms with Crippen molar-refractivity contribution in [2.75, 3.05) is 23.3 Å². The number of nitrogens with one attached hydrogen (secondary N) is 1. The number of hydrogen-bond donors (Lipinski definition) is 3. The van der Waals surface area contributed by atoms with E-state index in [0.717, 1.165) is 37.1 Å². The Morgan fingerprint density at radius 1 is 1.27 bits per heavy atom. The summed E-state index contributed by atoms with van der Waals surface area (Å²) in [7, 11) is -4.73. The van der Waals surface area contributed by atoms with Gasteiger partial charge in [-0.15, -0.1) is 0 Å². The van der Waals surface area contributed by atoms with Gasteiger partial charge < -0.3 is 14.7 Å². The molecule has 1 aliphatic rings. The monoisotopic (exact) mass is 542 g/mol. The van der Waals surface area contributed by atoms with Gasteiger partial charge in [0.1, 0.15) is 0 Å². The largest absolute Gasteiger partial charge is 0.524 e. The summed E-state index contributed by atoms with van der Waals surface area (Å²) in [5.74, 6) is 0.891. The van der Waals surface area contributed by atoms with Crippen LogP contribution in [0.25, 0.3) is 11.3 Å². The summed E-state index contributed by atoms with van der Waals surface area (Å²) in [6.45, 7) is 7.19. The smallest absolute Gasteiger partial charge is 0.402 e. The minimum atomic E-state index is -4.73. The zero-order valence-electron chi connectivity index (χ0n) is 20.3. The van der Waals surface area contributed by atoms with Gasteiger partial charge in [-0.3, -0.25) is 14.6 Å².